The van der Waals surface area contributed by atoms with Gasteiger partial charge in [-0.05, 0) is 27.2 Å². The summed E-state index contributed by atoms with van der Waals surface area (Å²) >= 11 is 0. The summed E-state index contributed by atoms with van der Waals surface area (Å²) in [6.07, 6.45) is 11.6. The maximum Gasteiger partial charge on any atom is -0.0314 e. The van der Waals surface area contributed by atoms with Crippen LogP contribution in [0.15, 0.2) is 87.1 Å². The quantitative estimate of drug-likeness (QED) is 0.384. The number of hydrogen-bond acceptors (Lipinski definition) is 0. The van der Waals surface area contributed by atoms with Crippen LogP contribution in [0.2, 0.25) is 0 Å². The van der Waals surface area contributed by atoms with Crippen LogP contribution in [-0.4, -0.2) is 0 Å². The summed E-state index contributed by atoms with van der Waals surface area (Å²) in [5.74, 6) is 0. The van der Waals surface area contributed by atoms with Crippen LogP contribution < -0.4 is 0 Å². The van der Waals surface area contributed by atoms with Crippen molar-refractivity contribution in [3.05, 3.63) is 87.1 Å². The maximum absolute atomic E-state index is 3.67. The molecule has 0 aliphatic rings. The molecule has 0 unspecified atom stereocenters. The molecule has 0 aromatic rings. The first kappa shape index (κ1) is 25.9. The van der Waals surface area contributed by atoms with Crippen molar-refractivity contribution in [1.82, 2.24) is 0 Å². The Morgan fingerprint density at radius 1 is 0.895 bits per heavy atom. The summed E-state index contributed by atoms with van der Waals surface area (Å²) in [6, 6.07) is 0. The molecule has 0 aromatic heterocycles. The van der Waals surface area contributed by atoms with Gasteiger partial charge in [0, 0.05) is 0 Å². The smallest absolute Gasteiger partial charge is 0.0314 e. The average Bonchev–Trinajstić information content (AvgIpc) is 2.39. The Bertz CT molecular complexity index is 264. The Balaban J connectivity index is -0.0000000803. The zero-order chi connectivity index (χ0) is 16.1. The highest BCUT2D eigenvalue weighted by Gasteiger charge is 1.72. The minimum atomic E-state index is 1.02. The summed E-state index contributed by atoms with van der Waals surface area (Å²) in [4.78, 5) is 0. The van der Waals surface area contributed by atoms with Gasteiger partial charge in [0.05, 0.1) is 0 Å². The first-order valence-corrected chi connectivity index (χ1v) is 6.27. The van der Waals surface area contributed by atoms with E-state index in [4.69, 9.17) is 0 Å². The monoisotopic (exact) mass is 260 g/mol. The van der Waals surface area contributed by atoms with Crippen molar-refractivity contribution in [3.63, 3.8) is 0 Å². The second-order valence-electron chi connectivity index (χ2n) is 3.66. The molecule has 0 saturated carbocycles. The summed E-state index contributed by atoms with van der Waals surface area (Å²) in [6.45, 7) is 28.9. The van der Waals surface area contributed by atoms with E-state index in [0.717, 1.165) is 12.0 Å². The van der Waals surface area contributed by atoms with Crippen LogP contribution in [0.3, 0.4) is 0 Å². The molecule has 0 saturated heterocycles. The lowest BCUT2D eigenvalue weighted by atomic mass is 10.2. The highest BCUT2D eigenvalue weighted by molar-refractivity contribution is 5.09. The Morgan fingerprint density at radius 2 is 1.26 bits per heavy atom. The fourth-order valence-electron chi connectivity index (χ4n) is 0.280. The molecule has 0 amide bonds. The van der Waals surface area contributed by atoms with Crippen molar-refractivity contribution in [3.8, 4) is 0 Å². The third-order valence-electron chi connectivity index (χ3n) is 1.24. The predicted octanol–water partition coefficient (Wildman–Crippen LogP) is 6.83. The van der Waals surface area contributed by atoms with Gasteiger partial charge in [-0.2, -0.15) is 0 Å². The summed E-state index contributed by atoms with van der Waals surface area (Å²) in [5, 5.41) is 0. The Morgan fingerprint density at radius 3 is 1.26 bits per heavy atom. The van der Waals surface area contributed by atoms with Gasteiger partial charge in [0.2, 0.25) is 0 Å². The van der Waals surface area contributed by atoms with Crippen LogP contribution in [0, 0.1) is 0 Å². The van der Waals surface area contributed by atoms with E-state index in [-0.39, 0.29) is 0 Å². The summed E-state index contributed by atoms with van der Waals surface area (Å²) < 4.78 is 0. The van der Waals surface area contributed by atoms with Crippen molar-refractivity contribution in [2.75, 3.05) is 0 Å². The third kappa shape index (κ3) is 121. The molecule has 0 aliphatic heterocycles. The van der Waals surface area contributed by atoms with E-state index >= 15 is 0 Å². The molecule has 0 heterocycles. The van der Waals surface area contributed by atoms with E-state index in [1.165, 1.54) is 5.57 Å². The SMILES string of the molecule is C=C(C)C.C=CC(=C)CC.C=CC=C.C=CC=CC. The van der Waals surface area contributed by atoms with Crippen LogP contribution in [0.5, 0.6) is 0 Å². The van der Waals surface area contributed by atoms with Crippen molar-refractivity contribution >= 4 is 0 Å². The topological polar surface area (TPSA) is 0 Å². The van der Waals surface area contributed by atoms with Crippen molar-refractivity contribution in [2.24, 2.45) is 0 Å². The highest BCUT2D eigenvalue weighted by Crippen LogP contribution is 1.93. The van der Waals surface area contributed by atoms with E-state index in [2.05, 4.69) is 46.4 Å². The zero-order valence-corrected chi connectivity index (χ0v) is 13.4. The van der Waals surface area contributed by atoms with Gasteiger partial charge in [-0.3, -0.25) is 0 Å². The highest BCUT2D eigenvalue weighted by atomic mass is 13.8. The van der Waals surface area contributed by atoms with E-state index in [0.29, 0.717) is 0 Å². The Hall–Kier alpha value is -1.82. The molecule has 0 rings (SSSR count). The lowest BCUT2D eigenvalue weighted by molar-refractivity contribution is 1.16. The van der Waals surface area contributed by atoms with E-state index in [1.54, 1.807) is 24.3 Å². The molecular weight excluding hydrogens is 228 g/mol. The maximum atomic E-state index is 3.67. The first-order valence-electron chi connectivity index (χ1n) is 6.27. The van der Waals surface area contributed by atoms with E-state index in [9.17, 15) is 0 Å². The van der Waals surface area contributed by atoms with Crippen LogP contribution in [0.1, 0.15) is 34.1 Å². The normalized spacial score (nSPS) is 7.16. The van der Waals surface area contributed by atoms with E-state index < -0.39 is 0 Å². The zero-order valence-electron chi connectivity index (χ0n) is 13.4. The van der Waals surface area contributed by atoms with Gasteiger partial charge >= 0.3 is 0 Å². The van der Waals surface area contributed by atoms with Crippen molar-refractivity contribution < 1.29 is 0 Å². The average molecular weight is 260 g/mol. The Kier molecular flexibility index (Phi) is 40.6. The number of rotatable bonds is 4. The molecule has 0 spiro atoms. The molecule has 0 atom stereocenters. The molecule has 0 fully saturated rings. The molecule has 0 nitrogen and oxygen atoms in total. The molecule has 108 valence electrons. The predicted molar refractivity (Wildman–Crippen MR) is 95.5 cm³/mol. The molecule has 0 bridgehead atoms. The minimum Gasteiger partial charge on any atom is -0.100 e. The molecule has 0 aromatic carbocycles. The minimum absolute atomic E-state index is 1.02. The van der Waals surface area contributed by atoms with Gasteiger partial charge in [0.15, 0.2) is 0 Å². The molecular formula is C19H32. The summed E-state index contributed by atoms with van der Waals surface area (Å²) in [7, 11) is 0. The van der Waals surface area contributed by atoms with Crippen LogP contribution in [-0.2, 0) is 0 Å². The van der Waals surface area contributed by atoms with Crippen LogP contribution in [0.4, 0.5) is 0 Å². The van der Waals surface area contributed by atoms with Gasteiger partial charge in [0.1, 0.15) is 0 Å². The largest absolute Gasteiger partial charge is 0.100 e. The number of hydrogen-bond donors (Lipinski definition) is 0. The van der Waals surface area contributed by atoms with Gasteiger partial charge in [-0.15, -0.1) is 6.58 Å². The summed E-state index contributed by atoms with van der Waals surface area (Å²) in [5.41, 5.74) is 2.27. The second-order valence-corrected chi connectivity index (χ2v) is 3.66. The first-order chi connectivity index (χ1) is 8.87. The molecule has 19 heavy (non-hydrogen) atoms. The number of allylic oxidation sites excluding steroid dienone is 8. The van der Waals surface area contributed by atoms with Crippen molar-refractivity contribution in [2.45, 2.75) is 34.1 Å². The molecule has 0 heteroatoms. The standard InChI is InChI=1S/C6H10.C5H8.C4H8.C4H6/c1-4-6(3)5-2;1-3-5-4-2;1-4(2)3;1-3-4-2/h4H,1,3,5H2,2H3;3-5H,1H2,2H3;1H2,2-3H3;3-4H,1-2H2. The Labute approximate surface area is 121 Å². The second kappa shape index (κ2) is 29.8. The van der Waals surface area contributed by atoms with Gasteiger partial charge < -0.3 is 0 Å². The van der Waals surface area contributed by atoms with Crippen molar-refractivity contribution in [1.29, 1.82) is 0 Å². The fourth-order valence-corrected chi connectivity index (χ4v) is 0.280. The molecule has 0 aliphatic carbocycles. The van der Waals surface area contributed by atoms with Gasteiger partial charge in [-0.1, -0.05) is 87.4 Å². The molecule has 0 radical (unpaired) electrons. The van der Waals surface area contributed by atoms with Gasteiger partial charge in [-0.25, -0.2) is 0 Å². The molecule has 0 N–H and O–H groups in total. The lowest BCUT2D eigenvalue weighted by Crippen LogP contribution is -1.62. The van der Waals surface area contributed by atoms with E-state index in [1.807, 2.05) is 32.9 Å². The van der Waals surface area contributed by atoms with Gasteiger partial charge in [0.25, 0.3) is 0 Å². The van der Waals surface area contributed by atoms with Crippen LogP contribution in [0.25, 0.3) is 0 Å². The van der Waals surface area contributed by atoms with Crippen LogP contribution >= 0.6 is 0 Å². The fraction of sp³-hybridized carbons (Fsp3) is 0.263. The third-order valence-corrected chi connectivity index (χ3v) is 1.24. The lowest BCUT2D eigenvalue weighted by Gasteiger charge is -1.83.